The molecule has 0 heterocycles. The van der Waals surface area contributed by atoms with Crippen molar-refractivity contribution in [2.45, 2.75) is 45.3 Å². The Bertz CT molecular complexity index is 169. The zero-order chi connectivity index (χ0) is 13.7. The maximum absolute atomic E-state index is 8.52. The van der Waals surface area contributed by atoms with E-state index < -0.39 is 8.24 Å². The summed E-state index contributed by atoms with van der Waals surface area (Å²) in [4.78, 5) is 3.79. The first-order valence-corrected chi connectivity index (χ1v) is 9.88. The van der Waals surface area contributed by atoms with Gasteiger partial charge in [-0.1, -0.05) is 20.8 Å². The van der Waals surface area contributed by atoms with Crippen molar-refractivity contribution in [1.82, 2.24) is 4.98 Å². The number of ether oxygens (including phenoxy) is 2. The molecule has 0 fully saturated rings. The van der Waals surface area contributed by atoms with E-state index in [1.165, 1.54) is 18.1 Å². The van der Waals surface area contributed by atoms with E-state index in [9.17, 15) is 0 Å². The summed E-state index contributed by atoms with van der Waals surface area (Å²) in [6.45, 7) is 10.5. The third-order valence-electron chi connectivity index (χ3n) is 3.60. The molecule has 0 saturated carbocycles. The molecule has 110 valence electrons. The lowest BCUT2D eigenvalue weighted by Crippen LogP contribution is -2.49. The van der Waals surface area contributed by atoms with Gasteiger partial charge in [-0.05, 0) is 31.1 Å². The van der Waals surface area contributed by atoms with Crippen LogP contribution in [0.1, 0.15) is 27.2 Å². The Balaban J connectivity index is 3.38. The van der Waals surface area contributed by atoms with Crippen molar-refractivity contribution in [2.75, 3.05) is 39.6 Å². The van der Waals surface area contributed by atoms with Crippen LogP contribution in [0.4, 0.5) is 0 Å². The summed E-state index contributed by atoms with van der Waals surface area (Å²) >= 11 is 0. The van der Waals surface area contributed by atoms with Gasteiger partial charge < -0.3 is 19.6 Å². The fraction of sp³-hybridized carbons (Fsp3) is 1.00. The molecule has 0 amide bonds. The first-order chi connectivity index (χ1) is 8.74. The zero-order valence-corrected chi connectivity index (χ0v) is 13.3. The highest BCUT2D eigenvalue weighted by Gasteiger charge is 2.25. The molecule has 0 atom stereocenters. The normalized spacial score (nSPS) is 12.0. The summed E-state index contributed by atoms with van der Waals surface area (Å²) in [6, 6.07) is 3.95. The van der Waals surface area contributed by atoms with Crippen molar-refractivity contribution < 1.29 is 14.6 Å². The lowest BCUT2D eigenvalue weighted by molar-refractivity contribution is 0.0328. The lowest BCUT2D eigenvalue weighted by atomic mass is 10.5. The average Bonchev–Trinajstić information content (AvgIpc) is 2.42. The Kier molecular flexibility index (Phi) is 12.1. The predicted molar refractivity (Wildman–Crippen MR) is 78.5 cm³/mol. The molecule has 0 radical (unpaired) electrons. The van der Waals surface area contributed by atoms with Crippen molar-refractivity contribution in [3.05, 3.63) is 0 Å². The monoisotopic (exact) mass is 277 g/mol. The van der Waals surface area contributed by atoms with E-state index >= 15 is 0 Å². The largest absolute Gasteiger partial charge is 0.394 e. The topological polar surface area (TPSA) is 50.7 Å². The van der Waals surface area contributed by atoms with Crippen LogP contribution in [0.15, 0.2) is 0 Å². The molecule has 0 aromatic rings. The highest BCUT2D eigenvalue weighted by molar-refractivity contribution is 6.77. The van der Waals surface area contributed by atoms with Gasteiger partial charge in [0.25, 0.3) is 0 Å². The van der Waals surface area contributed by atoms with Crippen LogP contribution in [0.2, 0.25) is 18.1 Å². The first kappa shape index (κ1) is 18.1. The van der Waals surface area contributed by atoms with Gasteiger partial charge in [0.2, 0.25) is 0 Å². The Hall–Kier alpha value is 0.0569. The maximum atomic E-state index is 8.52. The van der Waals surface area contributed by atoms with Crippen LogP contribution < -0.4 is 4.98 Å². The minimum absolute atomic E-state index is 0.0850. The van der Waals surface area contributed by atoms with Crippen LogP contribution in [-0.4, -0.2) is 52.9 Å². The van der Waals surface area contributed by atoms with Crippen molar-refractivity contribution in [3.63, 3.8) is 0 Å². The van der Waals surface area contributed by atoms with Gasteiger partial charge in [-0.15, -0.1) is 0 Å². The molecular formula is C13H31NO3Si. The van der Waals surface area contributed by atoms with Gasteiger partial charge >= 0.3 is 0 Å². The van der Waals surface area contributed by atoms with Gasteiger partial charge in [0.05, 0.1) is 26.4 Å². The molecule has 5 heteroatoms. The molecule has 0 aliphatic rings. The highest BCUT2D eigenvalue weighted by Crippen LogP contribution is 2.16. The third kappa shape index (κ3) is 8.21. The number of nitrogens with one attached hydrogen (secondary N) is 1. The second-order valence-electron chi connectivity index (χ2n) is 4.57. The zero-order valence-electron chi connectivity index (χ0n) is 12.3. The van der Waals surface area contributed by atoms with Crippen LogP contribution >= 0.6 is 0 Å². The molecule has 0 unspecified atom stereocenters. The maximum Gasteiger partial charge on any atom is 0.124 e. The molecule has 0 aliphatic carbocycles. The molecule has 0 saturated heterocycles. The lowest BCUT2D eigenvalue weighted by Gasteiger charge is -2.29. The Morgan fingerprint density at radius 3 is 1.94 bits per heavy atom. The number of rotatable bonds is 13. The van der Waals surface area contributed by atoms with Crippen LogP contribution in [0.3, 0.4) is 0 Å². The van der Waals surface area contributed by atoms with Crippen LogP contribution in [0.25, 0.3) is 0 Å². The summed E-state index contributed by atoms with van der Waals surface area (Å²) in [5, 5.41) is 8.52. The quantitative estimate of drug-likeness (QED) is 0.399. The molecule has 4 nitrogen and oxygen atoms in total. The van der Waals surface area contributed by atoms with Crippen LogP contribution in [0.5, 0.6) is 0 Å². The van der Waals surface area contributed by atoms with Crippen LogP contribution in [-0.2, 0) is 9.47 Å². The Labute approximate surface area is 113 Å². The second-order valence-corrected chi connectivity index (χ2v) is 9.61. The van der Waals surface area contributed by atoms with E-state index in [1.807, 2.05) is 0 Å². The molecule has 18 heavy (non-hydrogen) atoms. The van der Waals surface area contributed by atoms with Crippen LogP contribution in [0, 0.1) is 0 Å². The molecular weight excluding hydrogens is 246 g/mol. The second kappa shape index (κ2) is 12.1. The minimum Gasteiger partial charge on any atom is -0.394 e. The smallest absolute Gasteiger partial charge is 0.124 e. The Morgan fingerprint density at radius 1 is 0.889 bits per heavy atom. The SMILES string of the molecule is CC[Si](CC)(CC)NCCCOCCOCCO. The fourth-order valence-corrected chi connectivity index (χ4v) is 5.00. The highest BCUT2D eigenvalue weighted by atomic mass is 28.3. The first-order valence-electron chi connectivity index (χ1n) is 7.26. The summed E-state index contributed by atoms with van der Waals surface area (Å²) in [5.41, 5.74) is 0. The molecule has 0 aliphatic heterocycles. The van der Waals surface area contributed by atoms with Gasteiger partial charge in [-0.25, -0.2) is 0 Å². The van der Waals surface area contributed by atoms with Gasteiger partial charge in [-0.3, -0.25) is 0 Å². The summed E-state index contributed by atoms with van der Waals surface area (Å²) < 4.78 is 10.6. The van der Waals surface area contributed by atoms with Gasteiger partial charge in [0.15, 0.2) is 0 Å². The van der Waals surface area contributed by atoms with E-state index in [0.29, 0.717) is 19.8 Å². The van der Waals surface area contributed by atoms with E-state index in [1.54, 1.807) is 0 Å². The van der Waals surface area contributed by atoms with Crippen molar-refractivity contribution >= 4 is 8.24 Å². The van der Waals surface area contributed by atoms with E-state index in [2.05, 4.69) is 25.8 Å². The van der Waals surface area contributed by atoms with Crippen molar-refractivity contribution in [3.8, 4) is 0 Å². The van der Waals surface area contributed by atoms with Gasteiger partial charge in [0, 0.05) is 6.61 Å². The molecule has 0 rings (SSSR count). The number of hydrogen-bond acceptors (Lipinski definition) is 4. The van der Waals surface area contributed by atoms with Crippen molar-refractivity contribution in [1.29, 1.82) is 0 Å². The van der Waals surface area contributed by atoms with E-state index in [-0.39, 0.29) is 6.61 Å². The third-order valence-corrected chi connectivity index (χ3v) is 8.66. The van der Waals surface area contributed by atoms with Crippen molar-refractivity contribution in [2.24, 2.45) is 0 Å². The standard InChI is InChI=1S/C13H31NO3Si/c1-4-18(5-2,6-3)14-8-7-10-16-12-13-17-11-9-15/h14-15H,4-13H2,1-3H3. The van der Waals surface area contributed by atoms with E-state index in [0.717, 1.165) is 19.6 Å². The number of aliphatic hydroxyl groups excluding tert-OH is 1. The van der Waals surface area contributed by atoms with Gasteiger partial charge in [-0.2, -0.15) is 0 Å². The molecule has 0 aromatic heterocycles. The summed E-state index contributed by atoms with van der Waals surface area (Å²) in [5.74, 6) is 0. The van der Waals surface area contributed by atoms with E-state index in [4.69, 9.17) is 14.6 Å². The number of aliphatic hydroxyl groups is 1. The molecule has 0 spiro atoms. The summed E-state index contributed by atoms with van der Waals surface area (Å²) in [7, 11) is -1.16. The predicted octanol–water partition coefficient (Wildman–Crippen LogP) is 2.00. The van der Waals surface area contributed by atoms with Gasteiger partial charge in [0.1, 0.15) is 8.24 Å². The number of hydrogen-bond donors (Lipinski definition) is 2. The average molecular weight is 277 g/mol. The molecule has 0 aromatic carbocycles. The Morgan fingerprint density at radius 2 is 1.44 bits per heavy atom. The molecule has 2 N–H and O–H groups in total. The fourth-order valence-electron chi connectivity index (χ4n) is 2.04. The molecule has 0 bridgehead atoms. The summed E-state index contributed by atoms with van der Waals surface area (Å²) in [6.07, 6.45) is 1.06. The minimum atomic E-state index is -1.16.